The summed E-state index contributed by atoms with van der Waals surface area (Å²) >= 11 is 0. The molecule has 2 aromatic rings. The third kappa shape index (κ3) is 13.8. The van der Waals surface area contributed by atoms with Crippen molar-refractivity contribution >= 4 is 21.1 Å². The van der Waals surface area contributed by atoms with Crippen molar-refractivity contribution in [3.05, 3.63) is 79.0 Å². The molecule has 0 bridgehead atoms. The van der Waals surface area contributed by atoms with Crippen LogP contribution in [0.5, 0.6) is 0 Å². The summed E-state index contributed by atoms with van der Waals surface area (Å²) in [5.41, 5.74) is 1.83. The number of fused-ring (bicyclic) bond motifs is 1. The van der Waals surface area contributed by atoms with Crippen molar-refractivity contribution in [1.82, 2.24) is 9.97 Å². The fraction of sp³-hybridized carbons (Fsp3) is 0.227. The monoisotopic (exact) mass is 532 g/mol. The van der Waals surface area contributed by atoms with Crippen molar-refractivity contribution in [3.63, 3.8) is 0 Å². The standard InChI is InChI=1S/C10H8N2.C10H13.2CHO.BF3.FH.Mo/c1-3-7-11-9(5-1)10-6-2-4-8-12-10;1-8-6-7-9-4-2-3-5-10(8)9;2*1-2;2-1(3)4;;/h1-8H;2-5,9-10H,6-7H2,1H3;2*1H;;1H;/q;3*-1;;;+3/p-1. The zero-order chi connectivity index (χ0) is 22.8. The Bertz CT molecular complexity index is 701. The predicted octanol–water partition coefficient (Wildman–Crippen LogP) is 2.21. The zero-order valence-corrected chi connectivity index (χ0v) is 19.4. The largest absolute Gasteiger partial charge is 3.00 e. The molecule has 2 aliphatic carbocycles. The van der Waals surface area contributed by atoms with E-state index in [0.717, 1.165) is 23.2 Å². The van der Waals surface area contributed by atoms with Crippen LogP contribution in [0.4, 0.5) is 12.9 Å². The molecule has 2 heterocycles. The Morgan fingerprint density at radius 1 is 0.906 bits per heavy atom. The molecule has 4 nitrogen and oxygen atoms in total. The number of pyridine rings is 2. The quantitative estimate of drug-likeness (QED) is 0.246. The van der Waals surface area contributed by atoms with Crippen LogP contribution in [0.2, 0.25) is 0 Å². The van der Waals surface area contributed by atoms with Crippen LogP contribution in [0, 0.1) is 17.8 Å². The van der Waals surface area contributed by atoms with Gasteiger partial charge < -0.3 is 20.2 Å². The van der Waals surface area contributed by atoms with Crippen LogP contribution in [0.25, 0.3) is 11.4 Å². The molecule has 2 aliphatic rings. The van der Waals surface area contributed by atoms with Crippen LogP contribution < -0.4 is 4.70 Å². The second kappa shape index (κ2) is 21.8. The van der Waals surface area contributed by atoms with E-state index in [-0.39, 0.29) is 25.8 Å². The van der Waals surface area contributed by atoms with E-state index in [9.17, 15) is 12.9 Å². The Balaban J connectivity index is -0.000000384. The van der Waals surface area contributed by atoms with Gasteiger partial charge in [-0.25, -0.2) is 0 Å². The molecule has 0 spiro atoms. The number of halogens is 4. The van der Waals surface area contributed by atoms with Gasteiger partial charge in [-0.3, -0.25) is 36.5 Å². The van der Waals surface area contributed by atoms with Crippen LogP contribution in [0.1, 0.15) is 19.8 Å². The average Bonchev–Trinajstić information content (AvgIpc) is 3.19. The fourth-order valence-corrected chi connectivity index (χ4v) is 3.05. The molecular weight excluding hydrogens is 507 g/mol. The third-order valence-corrected chi connectivity index (χ3v) is 4.28. The third-order valence-electron chi connectivity index (χ3n) is 4.28. The number of carbonyl (C=O) groups excluding carboxylic acids is 2. The van der Waals surface area contributed by atoms with Gasteiger partial charge in [0.05, 0.1) is 11.4 Å². The minimum Gasteiger partial charge on any atom is -1.00 e. The molecule has 0 N–H and O–H groups in total. The second-order valence-corrected chi connectivity index (χ2v) is 6.02. The molecule has 1 radical (unpaired) electrons. The molecule has 0 aliphatic heterocycles. The van der Waals surface area contributed by atoms with Crippen LogP contribution in [-0.4, -0.2) is 31.1 Å². The molecule has 2 aromatic heterocycles. The molecule has 171 valence electrons. The van der Waals surface area contributed by atoms with Gasteiger partial charge in [-0.1, -0.05) is 36.8 Å². The molecule has 1 fully saturated rings. The molecule has 10 heteroatoms. The number of hydrogen-bond acceptors (Lipinski definition) is 4. The van der Waals surface area contributed by atoms with Gasteiger partial charge in [0.15, 0.2) is 0 Å². The first-order valence-corrected chi connectivity index (χ1v) is 8.97. The van der Waals surface area contributed by atoms with E-state index in [0.29, 0.717) is 0 Å². The first-order valence-electron chi connectivity index (χ1n) is 8.97. The first-order chi connectivity index (χ1) is 14.6. The molecule has 2 unspecified atom stereocenters. The summed E-state index contributed by atoms with van der Waals surface area (Å²) in [6.45, 7) is 8.79. The smallest absolute Gasteiger partial charge is 1.00 e. The van der Waals surface area contributed by atoms with E-state index in [2.05, 4.69) is 54.8 Å². The maximum atomic E-state index is 9.67. The van der Waals surface area contributed by atoms with E-state index < -0.39 is 7.54 Å². The number of rotatable bonds is 1. The van der Waals surface area contributed by atoms with Crippen molar-refractivity contribution in [2.45, 2.75) is 19.8 Å². The molecule has 1 saturated carbocycles. The Hall–Kier alpha value is -2.41. The minimum absolute atomic E-state index is 0. The molecule has 32 heavy (non-hydrogen) atoms. The van der Waals surface area contributed by atoms with Crippen LogP contribution in [0.15, 0.2) is 73.1 Å². The Kier molecular flexibility index (Phi) is 23.3. The van der Waals surface area contributed by atoms with Crippen molar-refractivity contribution < 1.29 is 48.3 Å². The van der Waals surface area contributed by atoms with Crippen molar-refractivity contribution in [3.8, 4) is 11.4 Å². The van der Waals surface area contributed by atoms with Crippen molar-refractivity contribution in [1.29, 1.82) is 0 Å². The van der Waals surface area contributed by atoms with Crippen LogP contribution >= 0.6 is 0 Å². The zero-order valence-electron chi connectivity index (χ0n) is 17.4. The van der Waals surface area contributed by atoms with Crippen molar-refractivity contribution in [2.24, 2.45) is 11.8 Å². The Labute approximate surface area is 201 Å². The van der Waals surface area contributed by atoms with E-state index in [1.54, 1.807) is 18.3 Å². The summed E-state index contributed by atoms with van der Waals surface area (Å²) < 4.78 is 29.0. The maximum Gasteiger partial charge on any atom is 3.00 e. The summed E-state index contributed by atoms with van der Waals surface area (Å²) in [6, 6.07) is 11.6. The van der Waals surface area contributed by atoms with Gasteiger partial charge in [0.2, 0.25) is 0 Å². The first kappa shape index (κ1) is 34.2. The van der Waals surface area contributed by atoms with E-state index in [1.807, 2.05) is 36.4 Å². The normalized spacial score (nSPS) is 16.8. The van der Waals surface area contributed by atoms with Gasteiger partial charge in [0.1, 0.15) is 0 Å². The summed E-state index contributed by atoms with van der Waals surface area (Å²) in [6.07, 6.45) is 15.3. The number of aromatic nitrogens is 2. The SMILES string of the molecule is C[C-]1CCC2C=CC=CC12.FB(F)F.[CH-]=O.[CH-]=O.[F-].[Mo+3].c1ccc(-c2ccccn2)nc1. The average molecular weight is 530 g/mol. The van der Waals surface area contributed by atoms with Crippen LogP contribution in [0.3, 0.4) is 0 Å². The van der Waals surface area contributed by atoms with Gasteiger partial charge in [0, 0.05) is 12.4 Å². The topological polar surface area (TPSA) is 59.9 Å². The summed E-state index contributed by atoms with van der Waals surface area (Å²) in [5.74, 6) is 3.29. The number of hydrogen-bond donors (Lipinski definition) is 0. The molecule has 4 rings (SSSR count). The van der Waals surface area contributed by atoms with Gasteiger partial charge in [-0.2, -0.15) is 13.3 Å². The fourth-order valence-electron chi connectivity index (χ4n) is 3.05. The van der Waals surface area contributed by atoms with E-state index >= 15 is 0 Å². The molecule has 0 amide bonds. The Morgan fingerprint density at radius 2 is 1.34 bits per heavy atom. The van der Waals surface area contributed by atoms with Crippen molar-refractivity contribution in [2.75, 3.05) is 0 Å². The molecule has 0 aromatic carbocycles. The second-order valence-electron chi connectivity index (χ2n) is 6.02. The molecular formula is C22H23BF4MoN2O2-. The van der Waals surface area contributed by atoms with Gasteiger partial charge in [-0.05, 0) is 30.2 Å². The summed E-state index contributed by atoms with van der Waals surface area (Å²) in [7, 11) is -3.67. The van der Waals surface area contributed by atoms with Crippen LogP contribution in [-0.2, 0) is 30.7 Å². The summed E-state index contributed by atoms with van der Waals surface area (Å²) in [5, 5.41) is 0. The number of nitrogens with zero attached hydrogens (tertiary/aromatic N) is 2. The van der Waals surface area contributed by atoms with E-state index in [1.165, 1.54) is 12.8 Å². The van der Waals surface area contributed by atoms with Gasteiger partial charge in [0.25, 0.3) is 0 Å². The maximum absolute atomic E-state index is 9.67. The van der Waals surface area contributed by atoms with Gasteiger partial charge >= 0.3 is 28.6 Å². The molecule has 2 atom stereocenters. The van der Waals surface area contributed by atoms with Gasteiger partial charge in [-0.15, -0.1) is 12.0 Å². The predicted molar refractivity (Wildman–Crippen MR) is 113 cm³/mol. The summed E-state index contributed by atoms with van der Waals surface area (Å²) in [4.78, 5) is 23.9. The Morgan fingerprint density at radius 3 is 1.72 bits per heavy atom. The molecule has 0 saturated heterocycles. The minimum atomic E-state index is -3.67. The number of allylic oxidation sites excluding steroid dienone is 4. The van der Waals surface area contributed by atoms with E-state index in [4.69, 9.17) is 9.59 Å².